The van der Waals surface area contributed by atoms with Crippen LogP contribution in [0, 0.1) is 0 Å². The Morgan fingerprint density at radius 3 is 2.02 bits per heavy atom. The SMILES string of the molecule is CC1(C)c2ccccc2-c2c(N(c3cccc(-c4cccc5ccccc45)c3)c3cccc4oc5cc6ccccc6cc5c34)cccc21. The van der Waals surface area contributed by atoms with E-state index in [1.807, 2.05) is 0 Å². The molecule has 232 valence electrons. The van der Waals surface area contributed by atoms with Gasteiger partial charge in [-0.3, -0.25) is 0 Å². The Balaban J connectivity index is 1.29. The topological polar surface area (TPSA) is 16.4 Å². The van der Waals surface area contributed by atoms with Gasteiger partial charge in [-0.1, -0.05) is 135 Å². The van der Waals surface area contributed by atoms with Crippen molar-refractivity contribution < 1.29 is 4.42 Å². The average Bonchev–Trinajstić information content (AvgIpc) is 3.62. The van der Waals surface area contributed by atoms with E-state index in [1.54, 1.807) is 0 Å². The molecule has 8 aromatic carbocycles. The number of nitrogens with zero attached hydrogens (tertiary/aromatic N) is 1. The van der Waals surface area contributed by atoms with Crippen LogP contribution < -0.4 is 4.90 Å². The van der Waals surface area contributed by atoms with Gasteiger partial charge in [-0.15, -0.1) is 0 Å². The van der Waals surface area contributed by atoms with E-state index in [9.17, 15) is 0 Å². The molecule has 0 amide bonds. The average molecular weight is 628 g/mol. The molecule has 1 aliphatic rings. The highest BCUT2D eigenvalue weighted by atomic mass is 16.3. The number of anilines is 3. The molecular weight excluding hydrogens is 595 g/mol. The number of benzene rings is 8. The van der Waals surface area contributed by atoms with Crippen molar-refractivity contribution in [2.75, 3.05) is 4.90 Å². The van der Waals surface area contributed by atoms with E-state index in [1.165, 1.54) is 54.9 Å². The number of rotatable bonds is 4. The molecule has 0 spiro atoms. The van der Waals surface area contributed by atoms with E-state index in [0.29, 0.717) is 0 Å². The zero-order chi connectivity index (χ0) is 32.7. The molecule has 1 aromatic heterocycles. The molecule has 0 aliphatic heterocycles. The molecule has 10 rings (SSSR count). The predicted molar refractivity (Wildman–Crippen MR) is 206 cm³/mol. The normalized spacial score (nSPS) is 13.3. The summed E-state index contributed by atoms with van der Waals surface area (Å²) in [5, 5.41) is 7.10. The summed E-state index contributed by atoms with van der Waals surface area (Å²) in [6.45, 7) is 4.70. The van der Waals surface area contributed by atoms with Crippen molar-refractivity contribution >= 4 is 60.5 Å². The minimum atomic E-state index is -0.119. The molecular formula is C47H33NO. The Morgan fingerprint density at radius 1 is 0.469 bits per heavy atom. The van der Waals surface area contributed by atoms with Crippen LogP contribution >= 0.6 is 0 Å². The van der Waals surface area contributed by atoms with Gasteiger partial charge in [0.15, 0.2) is 0 Å². The van der Waals surface area contributed by atoms with Gasteiger partial charge in [0.25, 0.3) is 0 Å². The van der Waals surface area contributed by atoms with Crippen molar-refractivity contribution in [2.24, 2.45) is 0 Å². The first kappa shape index (κ1) is 27.9. The highest BCUT2D eigenvalue weighted by Crippen LogP contribution is 2.55. The van der Waals surface area contributed by atoms with Gasteiger partial charge in [-0.2, -0.15) is 0 Å². The van der Waals surface area contributed by atoms with Gasteiger partial charge in [-0.05, 0) is 91.8 Å². The molecule has 0 saturated carbocycles. The Bertz CT molecular complexity index is 2760. The molecule has 0 fully saturated rings. The molecule has 0 radical (unpaired) electrons. The van der Waals surface area contributed by atoms with Crippen LogP contribution in [0.15, 0.2) is 168 Å². The zero-order valence-electron chi connectivity index (χ0n) is 27.4. The summed E-state index contributed by atoms with van der Waals surface area (Å²) in [6, 6.07) is 59.5. The lowest BCUT2D eigenvalue weighted by atomic mass is 9.82. The standard InChI is InChI=1S/C47H33NO/c1-47(2)39-22-8-7-20-37(39)45-40(47)23-11-24-41(45)48(34-18-9-17-33(27-34)36-21-10-16-30-13-5-6-19-35(30)36)42-25-12-26-43-46(42)38-28-31-14-3-4-15-32(31)29-44(38)49-43/h3-29H,1-2H3. The summed E-state index contributed by atoms with van der Waals surface area (Å²) >= 11 is 0. The lowest BCUT2D eigenvalue weighted by Crippen LogP contribution is -2.16. The second kappa shape index (κ2) is 10.4. The fourth-order valence-electron chi connectivity index (χ4n) is 8.30. The maximum Gasteiger partial charge on any atom is 0.137 e. The number of hydrogen-bond donors (Lipinski definition) is 0. The van der Waals surface area contributed by atoms with Crippen molar-refractivity contribution in [3.8, 4) is 22.3 Å². The smallest absolute Gasteiger partial charge is 0.137 e. The molecule has 49 heavy (non-hydrogen) atoms. The summed E-state index contributed by atoms with van der Waals surface area (Å²) in [5.74, 6) is 0. The first-order valence-electron chi connectivity index (χ1n) is 17.0. The van der Waals surface area contributed by atoms with E-state index in [-0.39, 0.29) is 5.41 Å². The van der Waals surface area contributed by atoms with Crippen LogP contribution in [0.5, 0.6) is 0 Å². The minimum Gasteiger partial charge on any atom is -0.456 e. The quantitative estimate of drug-likeness (QED) is 0.193. The fraction of sp³-hybridized carbons (Fsp3) is 0.0638. The number of furan rings is 1. The predicted octanol–water partition coefficient (Wildman–Crippen LogP) is 13.3. The second-order valence-electron chi connectivity index (χ2n) is 13.7. The van der Waals surface area contributed by atoms with Crippen LogP contribution in [0.1, 0.15) is 25.0 Å². The van der Waals surface area contributed by atoms with E-state index >= 15 is 0 Å². The Kier molecular flexibility index (Phi) is 5.95. The van der Waals surface area contributed by atoms with Crippen molar-refractivity contribution in [1.82, 2.24) is 0 Å². The van der Waals surface area contributed by atoms with Gasteiger partial charge < -0.3 is 9.32 Å². The monoisotopic (exact) mass is 627 g/mol. The third-order valence-corrected chi connectivity index (χ3v) is 10.6. The van der Waals surface area contributed by atoms with Gasteiger partial charge in [0.05, 0.1) is 16.8 Å². The van der Waals surface area contributed by atoms with Crippen molar-refractivity contribution in [3.05, 3.63) is 175 Å². The third-order valence-electron chi connectivity index (χ3n) is 10.6. The molecule has 0 bridgehead atoms. The Morgan fingerprint density at radius 2 is 1.12 bits per heavy atom. The Labute approximate surface area is 285 Å². The number of fused-ring (bicyclic) bond motifs is 8. The van der Waals surface area contributed by atoms with Crippen LogP contribution in [0.4, 0.5) is 17.1 Å². The van der Waals surface area contributed by atoms with Crippen LogP contribution in [0.25, 0.3) is 65.7 Å². The van der Waals surface area contributed by atoms with Crippen LogP contribution in [0.2, 0.25) is 0 Å². The molecule has 0 unspecified atom stereocenters. The molecule has 1 aliphatic carbocycles. The van der Waals surface area contributed by atoms with Crippen LogP contribution in [-0.4, -0.2) is 0 Å². The van der Waals surface area contributed by atoms with Gasteiger partial charge >= 0.3 is 0 Å². The van der Waals surface area contributed by atoms with E-state index < -0.39 is 0 Å². The first-order valence-corrected chi connectivity index (χ1v) is 17.0. The summed E-state index contributed by atoms with van der Waals surface area (Å²) in [6.07, 6.45) is 0. The minimum absolute atomic E-state index is 0.119. The summed E-state index contributed by atoms with van der Waals surface area (Å²) < 4.78 is 6.62. The molecule has 0 atom stereocenters. The molecule has 0 saturated heterocycles. The zero-order valence-corrected chi connectivity index (χ0v) is 27.4. The summed E-state index contributed by atoms with van der Waals surface area (Å²) in [7, 11) is 0. The van der Waals surface area contributed by atoms with Gasteiger partial charge in [0.2, 0.25) is 0 Å². The van der Waals surface area contributed by atoms with Crippen molar-refractivity contribution in [3.63, 3.8) is 0 Å². The lowest BCUT2D eigenvalue weighted by molar-refractivity contribution is 0.660. The maximum absolute atomic E-state index is 6.62. The summed E-state index contributed by atoms with van der Waals surface area (Å²) in [5.41, 5.74) is 12.7. The van der Waals surface area contributed by atoms with Gasteiger partial charge in [-0.25, -0.2) is 0 Å². The molecule has 9 aromatic rings. The number of hydrogen-bond acceptors (Lipinski definition) is 2. The van der Waals surface area contributed by atoms with Gasteiger partial charge in [0, 0.05) is 22.1 Å². The van der Waals surface area contributed by atoms with E-state index in [2.05, 4.69) is 183 Å². The molecule has 0 N–H and O–H groups in total. The largest absolute Gasteiger partial charge is 0.456 e. The highest BCUT2D eigenvalue weighted by molar-refractivity contribution is 6.17. The Hall–Kier alpha value is -6.12. The second-order valence-corrected chi connectivity index (χ2v) is 13.7. The molecule has 1 heterocycles. The van der Waals surface area contributed by atoms with Crippen molar-refractivity contribution in [2.45, 2.75) is 19.3 Å². The molecule has 2 nitrogen and oxygen atoms in total. The van der Waals surface area contributed by atoms with Crippen molar-refractivity contribution in [1.29, 1.82) is 0 Å². The maximum atomic E-state index is 6.62. The van der Waals surface area contributed by atoms with E-state index in [0.717, 1.165) is 39.0 Å². The van der Waals surface area contributed by atoms with E-state index in [4.69, 9.17) is 4.42 Å². The first-order chi connectivity index (χ1) is 24.1. The highest BCUT2D eigenvalue weighted by Gasteiger charge is 2.38. The van der Waals surface area contributed by atoms with Gasteiger partial charge in [0.1, 0.15) is 11.2 Å². The summed E-state index contributed by atoms with van der Waals surface area (Å²) in [4.78, 5) is 2.47. The lowest BCUT2D eigenvalue weighted by Gasteiger charge is -2.29. The molecule has 2 heteroatoms. The van der Waals surface area contributed by atoms with Crippen LogP contribution in [0.3, 0.4) is 0 Å². The van der Waals surface area contributed by atoms with Crippen LogP contribution in [-0.2, 0) is 5.41 Å². The third kappa shape index (κ3) is 4.14. The fourth-order valence-corrected chi connectivity index (χ4v) is 8.30.